The zero-order chi connectivity index (χ0) is 15.5. The van der Waals surface area contributed by atoms with Crippen molar-refractivity contribution in [3.05, 3.63) is 29.3 Å². The lowest BCUT2D eigenvalue weighted by atomic mass is 9.94. The highest BCUT2D eigenvalue weighted by atomic mass is 32.2. The molecule has 0 unspecified atom stereocenters. The van der Waals surface area contributed by atoms with Crippen molar-refractivity contribution in [3.63, 3.8) is 0 Å². The van der Waals surface area contributed by atoms with E-state index in [2.05, 4.69) is 11.8 Å². The van der Waals surface area contributed by atoms with Crippen molar-refractivity contribution in [2.24, 2.45) is 0 Å². The van der Waals surface area contributed by atoms with Crippen molar-refractivity contribution in [2.45, 2.75) is 43.5 Å². The molecule has 5 heteroatoms. The first-order valence-electron chi connectivity index (χ1n) is 7.15. The maximum absolute atomic E-state index is 12.7. The Morgan fingerprint density at radius 2 is 2.10 bits per heavy atom. The largest absolute Gasteiger partial charge is 0.395 e. The van der Waals surface area contributed by atoms with Gasteiger partial charge in [-0.2, -0.15) is 4.31 Å². The molecule has 0 bridgehead atoms. The average molecular weight is 307 g/mol. The van der Waals surface area contributed by atoms with Crippen LogP contribution in [0.15, 0.2) is 23.1 Å². The van der Waals surface area contributed by atoms with Gasteiger partial charge >= 0.3 is 0 Å². The Morgan fingerprint density at radius 1 is 1.38 bits per heavy atom. The number of hydrogen-bond donors (Lipinski definition) is 1. The second kappa shape index (κ2) is 6.61. The first-order valence-corrected chi connectivity index (χ1v) is 8.59. The van der Waals surface area contributed by atoms with Crippen LogP contribution in [0.1, 0.15) is 36.8 Å². The molecule has 0 spiro atoms. The zero-order valence-electron chi connectivity index (χ0n) is 12.5. The summed E-state index contributed by atoms with van der Waals surface area (Å²) in [6.07, 6.45) is 3.27. The minimum absolute atomic E-state index is 0.0249. The summed E-state index contributed by atoms with van der Waals surface area (Å²) < 4.78 is 27.0. The molecular weight excluding hydrogens is 286 g/mol. The van der Waals surface area contributed by atoms with E-state index in [0.717, 1.165) is 24.8 Å². The molecule has 1 aromatic carbocycles. The van der Waals surface area contributed by atoms with E-state index in [1.165, 1.54) is 4.31 Å². The molecule has 0 heterocycles. The van der Waals surface area contributed by atoms with E-state index in [9.17, 15) is 8.42 Å². The van der Waals surface area contributed by atoms with Crippen LogP contribution in [-0.2, 0) is 10.0 Å². The van der Waals surface area contributed by atoms with Gasteiger partial charge < -0.3 is 5.11 Å². The van der Waals surface area contributed by atoms with Gasteiger partial charge in [-0.3, -0.25) is 0 Å². The van der Waals surface area contributed by atoms with Crippen molar-refractivity contribution in [3.8, 4) is 11.8 Å². The lowest BCUT2D eigenvalue weighted by Gasteiger charge is -2.34. The topological polar surface area (TPSA) is 57.6 Å². The minimum Gasteiger partial charge on any atom is -0.395 e. The van der Waals surface area contributed by atoms with E-state index in [-0.39, 0.29) is 17.5 Å². The van der Waals surface area contributed by atoms with Crippen LogP contribution in [0.4, 0.5) is 0 Å². The van der Waals surface area contributed by atoms with Crippen LogP contribution in [0.25, 0.3) is 0 Å². The summed E-state index contributed by atoms with van der Waals surface area (Å²) in [5.74, 6) is 5.68. The van der Waals surface area contributed by atoms with Gasteiger partial charge in [0.1, 0.15) is 0 Å². The van der Waals surface area contributed by atoms with Crippen LogP contribution in [-0.4, -0.2) is 37.5 Å². The Hall–Kier alpha value is -1.35. The monoisotopic (exact) mass is 307 g/mol. The van der Waals surface area contributed by atoms with Crippen LogP contribution < -0.4 is 0 Å². The van der Waals surface area contributed by atoms with E-state index in [0.29, 0.717) is 12.0 Å². The number of aliphatic hydroxyl groups excluding tert-OH is 1. The minimum atomic E-state index is -3.52. The third kappa shape index (κ3) is 3.46. The predicted molar refractivity (Wildman–Crippen MR) is 82.3 cm³/mol. The molecule has 1 aromatic rings. The highest BCUT2D eigenvalue weighted by Gasteiger charge is 2.32. The first-order chi connectivity index (χ1) is 9.96. The number of sulfonamides is 1. The highest BCUT2D eigenvalue weighted by molar-refractivity contribution is 7.89. The second-order valence-electron chi connectivity index (χ2n) is 5.38. The third-order valence-corrected chi connectivity index (χ3v) is 5.81. The SMILES string of the molecule is Cc1ccc(S(=O)(=O)N(C)C2CCC2)c(C#CCCO)c1. The number of aryl methyl sites for hydroxylation is 1. The summed E-state index contributed by atoms with van der Waals surface area (Å²) in [5.41, 5.74) is 1.48. The summed E-state index contributed by atoms with van der Waals surface area (Å²) in [7, 11) is -1.87. The number of rotatable bonds is 4. The van der Waals surface area contributed by atoms with E-state index in [1.54, 1.807) is 25.2 Å². The fourth-order valence-corrected chi connectivity index (χ4v) is 3.82. The molecule has 0 aliphatic heterocycles. The molecular formula is C16H21NO3S. The summed E-state index contributed by atoms with van der Waals surface area (Å²) in [6, 6.07) is 5.31. The summed E-state index contributed by atoms with van der Waals surface area (Å²) >= 11 is 0. The van der Waals surface area contributed by atoms with Gasteiger partial charge in [0.2, 0.25) is 10.0 Å². The van der Waals surface area contributed by atoms with Gasteiger partial charge in [-0.05, 0) is 37.5 Å². The van der Waals surface area contributed by atoms with Gasteiger partial charge in [-0.25, -0.2) is 8.42 Å². The molecule has 0 saturated heterocycles. The third-order valence-electron chi connectivity index (χ3n) is 3.84. The van der Waals surface area contributed by atoms with Crippen LogP contribution >= 0.6 is 0 Å². The molecule has 1 aliphatic carbocycles. The average Bonchev–Trinajstić information content (AvgIpc) is 2.36. The number of benzene rings is 1. The number of hydrogen-bond acceptors (Lipinski definition) is 3. The molecule has 0 aromatic heterocycles. The van der Waals surface area contributed by atoms with Crippen molar-refractivity contribution in [2.75, 3.05) is 13.7 Å². The van der Waals surface area contributed by atoms with Crippen molar-refractivity contribution in [1.82, 2.24) is 4.31 Å². The standard InChI is InChI=1S/C16H21NO3S/c1-13-9-10-16(14(12-13)6-3-4-11-18)21(19,20)17(2)15-7-5-8-15/h9-10,12,15,18H,4-5,7-8,11H2,1-2H3. The van der Waals surface area contributed by atoms with Crippen LogP contribution in [0.2, 0.25) is 0 Å². The molecule has 1 fully saturated rings. The van der Waals surface area contributed by atoms with Crippen molar-refractivity contribution in [1.29, 1.82) is 0 Å². The second-order valence-corrected chi connectivity index (χ2v) is 7.35. The predicted octanol–water partition coefficient (Wildman–Crippen LogP) is 1.90. The number of aliphatic hydroxyl groups is 1. The van der Waals surface area contributed by atoms with Crippen LogP contribution in [0.5, 0.6) is 0 Å². The quantitative estimate of drug-likeness (QED) is 0.864. The Morgan fingerprint density at radius 3 is 2.67 bits per heavy atom. The summed E-state index contributed by atoms with van der Waals surface area (Å²) in [5, 5.41) is 8.80. The van der Waals surface area contributed by atoms with E-state index >= 15 is 0 Å². The van der Waals surface area contributed by atoms with Gasteiger partial charge in [0, 0.05) is 25.1 Å². The molecule has 1 N–H and O–H groups in total. The van der Waals surface area contributed by atoms with Gasteiger partial charge in [0.25, 0.3) is 0 Å². The molecule has 0 amide bonds. The van der Waals surface area contributed by atoms with E-state index < -0.39 is 10.0 Å². The van der Waals surface area contributed by atoms with E-state index in [4.69, 9.17) is 5.11 Å². The van der Waals surface area contributed by atoms with Gasteiger partial charge in [0.05, 0.1) is 11.5 Å². The smallest absolute Gasteiger partial charge is 0.244 e. The summed E-state index contributed by atoms with van der Waals surface area (Å²) in [6.45, 7) is 1.88. The maximum Gasteiger partial charge on any atom is 0.244 e. The Labute approximate surface area is 126 Å². The van der Waals surface area contributed by atoms with Crippen LogP contribution in [0, 0.1) is 18.8 Å². The first kappa shape index (κ1) is 16.0. The van der Waals surface area contributed by atoms with Gasteiger partial charge in [-0.15, -0.1) is 0 Å². The molecule has 114 valence electrons. The highest BCUT2D eigenvalue weighted by Crippen LogP contribution is 2.29. The fourth-order valence-electron chi connectivity index (χ4n) is 2.28. The lowest BCUT2D eigenvalue weighted by Crippen LogP contribution is -2.41. The molecule has 1 saturated carbocycles. The number of nitrogens with zero attached hydrogens (tertiary/aromatic N) is 1. The van der Waals surface area contributed by atoms with Gasteiger partial charge in [0.15, 0.2) is 0 Å². The van der Waals surface area contributed by atoms with E-state index in [1.807, 2.05) is 6.92 Å². The molecule has 4 nitrogen and oxygen atoms in total. The molecule has 0 atom stereocenters. The zero-order valence-corrected chi connectivity index (χ0v) is 13.3. The molecule has 0 radical (unpaired) electrons. The van der Waals surface area contributed by atoms with Crippen molar-refractivity contribution >= 4 is 10.0 Å². The molecule has 1 aliphatic rings. The fraction of sp³-hybridized carbons (Fsp3) is 0.500. The lowest BCUT2D eigenvalue weighted by molar-refractivity contribution is 0.249. The normalized spacial score (nSPS) is 15.4. The Kier molecular flexibility index (Phi) is 5.04. The summed E-state index contributed by atoms with van der Waals surface area (Å²) in [4.78, 5) is 0.257. The Balaban J connectivity index is 2.40. The van der Waals surface area contributed by atoms with Gasteiger partial charge in [-0.1, -0.05) is 24.3 Å². The molecule has 2 rings (SSSR count). The Bertz CT molecular complexity index is 666. The maximum atomic E-state index is 12.7. The van der Waals surface area contributed by atoms with Crippen molar-refractivity contribution < 1.29 is 13.5 Å². The van der Waals surface area contributed by atoms with Crippen LogP contribution in [0.3, 0.4) is 0 Å². The molecule has 21 heavy (non-hydrogen) atoms.